The Bertz CT molecular complexity index is 593. The van der Waals surface area contributed by atoms with E-state index in [2.05, 4.69) is 6.92 Å². The molecule has 0 radical (unpaired) electrons. The molecular weight excluding hydrogens is 260 g/mol. The molecule has 3 fully saturated rings. The number of hydrogen-bond donors (Lipinski definition) is 0. The summed E-state index contributed by atoms with van der Waals surface area (Å²) in [5.41, 5.74) is 5.39. The zero-order chi connectivity index (χ0) is 14.2. The van der Waals surface area contributed by atoms with Crippen LogP contribution in [-0.4, -0.2) is 18.0 Å². The van der Waals surface area contributed by atoms with Crippen LogP contribution in [-0.2, 0) is 9.53 Å². The summed E-state index contributed by atoms with van der Waals surface area (Å²) >= 11 is 0. The maximum absolute atomic E-state index is 11.7. The van der Waals surface area contributed by atoms with E-state index in [-0.39, 0.29) is 5.60 Å². The maximum Gasteiger partial charge on any atom is 0.156 e. The average molecular weight is 284 g/mol. The van der Waals surface area contributed by atoms with E-state index in [1.54, 1.807) is 11.1 Å². The number of ketones is 1. The van der Waals surface area contributed by atoms with Crippen LogP contribution in [0.15, 0.2) is 22.8 Å². The molecule has 0 N–H and O–H groups in total. The first-order chi connectivity index (χ1) is 10.1. The van der Waals surface area contributed by atoms with Crippen LogP contribution in [0.2, 0.25) is 0 Å². The highest BCUT2D eigenvalue weighted by molar-refractivity contribution is 5.93. The van der Waals surface area contributed by atoms with Crippen molar-refractivity contribution < 1.29 is 9.53 Å². The van der Waals surface area contributed by atoms with Gasteiger partial charge in [0.15, 0.2) is 5.78 Å². The molecule has 1 heterocycles. The van der Waals surface area contributed by atoms with Gasteiger partial charge in [0.05, 0.1) is 12.2 Å². The number of ether oxygens (including phenoxy) is 1. The van der Waals surface area contributed by atoms with Crippen LogP contribution in [0.5, 0.6) is 0 Å². The molecule has 5 rings (SSSR count). The van der Waals surface area contributed by atoms with Gasteiger partial charge in [0.1, 0.15) is 0 Å². The Kier molecular flexibility index (Phi) is 2.34. The van der Waals surface area contributed by atoms with Crippen molar-refractivity contribution in [3.8, 4) is 0 Å². The molecule has 0 aromatic heterocycles. The standard InChI is InChI=1S/C19H24O2/c1-18-8-6-15-14-5-3-13(20)10-12(14)2-4-16(15)17(18)7-9-19(18)11-21-19/h10,16-17H,2-9,11H2,1H3/t16-,17+,18+,19?/m1/s1. The van der Waals surface area contributed by atoms with Gasteiger partial charge in [-0.15, -0.1) is 0 Å². The molecule has 1 spiro atoms. The van der Waals surface area contributed by atoms with E-state index in [0.717, 1.165) is 37.7 Å². The zero-order valence-electron chi connectivity index (χ0n) is 12.9. The first-order valence-corrected chi connectivity index (χ1v) is 8.73. The van der Waals surface area contributed by atoms with Crippen molar-refractivity contribution >= 4 is 5.78 Å². The van der Waals surface area contributed by atoms with Crippen LogP contribution in [0.4, 0.5) is 0 Å². The van der Waals surface area contributed by atoms with E-state index in [4.69, 9.17) is 4.74 Å². The van der Waals surface area contributed by atoms with Crippen LogP contribution in [0, 0.1) is 17.3 Å². The Morgan fingerprint density at radius 2 is 2.00 bits per heavy atom. The molecule has 21 heavy (non-hydrogen) atoms. The van der Waals surface area contributed by atoms with Crippen molar-refractivity contribution in [1.29, 1.82) is 0 Å². The zero-order valence-corrected chi connectivity index (χ0v) is 12.9. The number of allylic oxidation sites excluding steroid dienone is 4. The van der Waals surface area contributed by atoms with E-state index < -0.39 is 0 Å². The topological polar surface area (TPSA) is 29.6 Å². The van der Waals surface area contributed by atoms with Crippen LogP contribution >= 0.6 is 0 Å². The van der Waals surface area contributed by atoms with Gasteiger partial charge in [0.2, 0.25) is 0 Å². The smallest absolute Gasteiger partial charge is 0.156 e. The minimum absolute atomic E-state index is 0.256. The molecule has 0 aromatic carbocycles. The molecule has 4 atom stereocenters. The van der Waals surface area contributed by atoms with Gasteiger partial charge in [-0.25, -0.2) is 0 Å². The van der Waals surface area contributed by atoms with Crippen molar-refractivity contribution in [1.82, 2.24) is 0 Å². The largest absolute Gasteiger partial charge is 0.369 e. The minimum atomic E-state index is 0.256. The number of carbonyl (C=O) groups is 1. The van der Waals surface area contributed by atoms with E-state index in [1.807, 2.05) is 6.08 Å². The first-order valence-electron chi connectivity index (χ1n) is 8.73. The summed E-state index contributed by atoms with van der Waals surface area (Å²) in [5.74, 6) is 1.96. The van der Waals surface area contributed by atoms with Gasteiger partial charge < -0.3 is 4.74 Å². The second kappa shape index (κ2) is 3.90. The van der Waals surface area contributed by atoms with Gasteiger partial charge in [-0.05, 0) is 74.0 Å². The molecule has 2 saturated carbocycles. The number of rotatable bonds is 0. The number of fused-ring (bicyclic) bond motifs is 5. The molecule has 1 saturated heterocycles. The fourth-order valence-electron chi connectivity index (χ4n) is 6.19. The number of epoxide rings is 1. The van der Waals surface area contributed by atoms with Crippen molar-refractivity contribution in [2.45, 2.75) is 63.9 Å². The third kappa shape index (κ3) is 1.50. The molecule has 112 valence electrons. The molecular formula is C19H24O2. The Morgan fingerprint density at radius 3 is 2.81 bits per heavy atom. The summed E-state index contributed by atoms with van der Waals surface area (Å²) in [6.45, 7) is 3.52. The van der Waals surface area contributed by atoms with Crippen LogP contribution < -0.4 is 0 Å². The second-order valence-corrected chi connectivity index (χ2v) is 8.13. The predicted octanol–water partition coefficient (Wildman–Crippen LogP) is 3.96. The normalized spacial score (nSPS) is 47.9. The lowest BCUT2D eigenvalue weighted by atomic mass is 9.56. The monoisotopic (exact) mass is 284 g/mol. The highest BCUT2D eigenvalue weighted by Crippen LogP contribution is 2.68. The van der Waals surface area contributed by atoms with E-state index in [0.29, 0.717) is 11.2 Å². The molecule has 5 aliphatic rings. The third-order valence-corrected chi connectivity index (χ3v) is 7.51. The number of carbonyl (C=O) groups excluding carboxylic acids is 1. The van der Waals surface area contributed by atoms with Gasteiger partial charge in [-0.1, -0.05) is 12.5 Å². The van der Waals surface area contributed by atoms with Crippen LogP contribution in [0.25, 0.3) is 0 Å². The van der Waals surface area contributed by atoms with Gasteiger partial charge in [-0.2, -0.15) is 0 Å². The van der Waals surface area contributed by atoms with Gasteiger partial charge in [0.25, 0.3) is 0 Å². The summed E-state index contributed by atoms with van der Waals surface area (Å²) in [7, 11) is 0. The summed E-state index contributed by atoms with van der Waals surface area (Å²) < 4.78 is 5.96. The highest BCUT2D eigenvalue weighted by atomic mass is 16.6. The third-order valence-electron chi connectivity index (χ3n) is 7.51. The van der Waals surface area contributed by atoms with E-state index >= 15 is 0 Å². The van der Waals surface area contributed by atoms with Gasteiger partial charge >= 0.3 is 0 Å². The Labute approximate surface area is 126 Å². The maximum atomic E-state index is 11.7. The lowest BCUT2D eigenvalue weighted by Crippen LogP contribution is -2.43. The number of hydrogen-bond acceptors (Lipinski definition) is 2. The lowest BCUT2D eigenvalue weighted by Gasteiger charge is -2.48. The fraction of sp³-hybridized carbons (Fsp3) is 0.737. The molecule has 1 unspecified atom stereocenters. The summed E-state index contributed by atoms with van der Waals surface area (Å²) in [6.07, 6.45) is 11.3. The Balaban J connectivity index is 1.56. The Morgan fingerprint density at radius 1 is 1.14 bits per heavy atom. The van der Waals surface area contributed by atoms with Crippen molar-refractivity contribution in [2.75, 3.05) is 6.61 Å². The van der Waals surface area contributed by atoms with E-state index in [9.17, 15) is 4.79 Å². The molecule has 1 aliphatic heterocycles. The highest BCUT2D eigenvalue weighted by Gasteiger charge is 2.67. The van der Waals surface area contributed by atoms with E-state index in [1.165, 1.54) is 37.7 Å². The molecule has 4 aliphatic carbocycles. The quantitative estimate of drug-likeness (QED) is 0.630. The van der Waals surface area contributed by atoms with Crippen molar-refractivity contribution in [3.05, 3.63) is 22.8 Å². The lowest BCUT2D eigenvalue weighted by molar-refractivity contribution is -0.114. The summed E-state index contributed by atoms with van der Waals surface area (Å²) in [6, 6.07) is 0. The van der Waals surface area contributed by atoms with Crippen LogP contribution in [0.1, 0.15) is 58.3 Å². The first kappa shape index (κ1) is 12.6. The SMILES string of the molecule is C[C@]12CCC3=C4CCC(=O)C=C4CC[C@H]3[C@@H]1CCC21CO1. The second-order valence-electron chi connectivity index (χ2n) is 8.13. The van der Waals surface area contributed by atoms with Gasteiger partial charge in [0, 0.05) is 11.8 Å². The fourth-order valence-corrected chi connectivity index (χ4v) is 6.19. The average Bonchev–Trinajstić information content (AvgIpc) is 3.20. The van der Waals surface area contributed by atoms with Gasteiger partial charge in [-0.3, -0.25) is 4.79 Å². The summed E-state index contributed by atoms with van der Waals surface area (Å²) in [5, 5.41) is 0. The van der Waals surface area contributed by atoms with Crippen LogP contribution in [0.3, 0.4) is 0 Å². The minimum Gasteiger partial charge on any atom is -0.369 e. The molecule has 2 nitrogen and oxygen atoms in total. The molecule has 0 amide bonds. The Hall–Kier alpha value is -0.890. The molecule has 0 aromatic rings. The molecule has 2 heteroatoms. The molecule has 0 bridgehead atoms. The summed E-state index contributed by atoms with van der Waals surface area (Å²) in [4.78, 5) is 11.7. The van der Waals surface area contributed by atoms with Crippen molar-refractivity contribution in [2.24, 2.45) is 17.3 Å². The predicted molar refractivity (Wildman–Crippen MR) is 80.8 cm³/mol. The van der Waals surface area contributed by atoms with Crippen molar-refractivity contribution in [3.63, 3.8) is 0 Å².